The van der Waals surface area contributed by atoms with Gasteiger partial charge in [0.2, 0.25) is 6.10 Å². The van der Waals surface area contributed by atoms with Crippen LogP contribution >= 0.6 is 11.6 Å². The van der Waals surface area contributed by atoms with E-state index in [9.17, 15) is 14.7 Å². The number of hydrogen-bond donors (Lipinski definition) is 2. The van der Waals surface area contributed by atoms with Crippen molar-refractivity contribution >= 4 is 39.9 Å². The predicted octanol–water partition coefficient (Wildman–Crippen LogP) is 5.74. The number of amides is 1. The van der Waals surface area contributed by atoms with Gasteiger partial charge in [-0.3, -0.25) is 4.79 Å². The van der Waals surface area contributed by atoms with E-state index in [0.717, 1.165) is 10.8 Å². The third-order valence-electron chi connectivity index (χ3n) is 5.07. The van der Waals surface area contributed by atoms with E-state index in [1.807, 2.05) is 24.3 Å². The molecule has 0 fully saturated rings. The number of ether oxygens (including phenoxy) is 2. The number of esters is 1. The number of phenolic OH excluding ortho intramolecular Hbond substituents is 1. The minimum absolute atomic E-state index is 0.0325. The molecule has 0 saturated heterocycles. The highest BCUT2D eigenvalue weighted by Crippen LogP contribution is 2.30. The quantitative estimate of drug-likeness (QED) is 0.357. The lowest BCUT2D eigenvalue weighted by molar-refractivity contribution is -0.125. The molecule has 33 heavy (non-hydrogen) atoms. The van der Waals surface area contributed by atoms with Crippen LogP contribution < -0.4 is 10.1 Å². The van der Waals surface area contributed by atoms with Crippen molar-refractivity contribution in [3.05, 3.63) is 101 Å². The van der Waals surface area contributed by atoms with E-state index in [1.54, 1.807) is 42.5 Å². The Bertz CT molecular complexity index is 1320. The molecular weight excluding hydrogens is 442 g/mol. The topological polar surface area (TPSA) is 84.9 Å². The van der Waals surface area contributed by atoms with E-state index in [4.69, 9.17) is 21.1 Å². The van der Waals surface area contributed by atoms with Crippen LogP contribution in [-0.4, -0.2) is 24.1 Å². The first kappa shape index (κ1) is 22.2. The van der Waals surface area contributed by atoms with Crippen molar-refractivity contribution < 1.29 is 24.2 Å². The highest BCUT2D eigenvalue weighted by atomic mass is 35.5. The van der Waals surface area contributed by atoms with E-state index in [0.29, 0.717) is 22.0 Å². The van der Waals surface area contributed by atoms with Gasteiger partial charge < -0.3 is 19.9 Å². The smallest absolute Gasteiger partial charge is 0.343 e. The van der Waals surface area contributed by atoms with Gasteiger partial charge in [0, 0.05) is 11.3 Å². The highest BCUT2D eigenvalue weighted by Gasteiger charge is 2.27. The lowest BCUT2D eigenvalue weighted by Gasteiger charge is -2.19. The van der Waals surface area contributed by atoms with E-state index in [1.165, 1.54) is 25.3 Å². The summed E-state index contributed by atoms with van der Waals surface area (Å²) in [5.74, 6) is -1.16. The minimum Gasteiger partial charge on any atom is -0.507 e. The van der Waals surface area contributed by atoms with Crippen LogP contribution in [0, 0.1) is 0 Å². The molecule has 0 heterocycles. The number of rotatable bonds is 6. The molecule has 166 valence electrons. The summed E-state index contributed by atoms with van der Waals surface area (Å²) in [4.78, 5) is 26.1. The summed E-state index contributed by atoms with van der Waals surface area (Å²) in [6.45, 7) is 0. The molecule has 0 aliphatic carbocycles. The Morgan fingerprint density at radius 2 is 1.58 bits per heavy atom. The van der Waals surface area contributed by atoms with Gasteiger partial charge in [-0.15, -0.1) is 0 Å². The van der Waals surface area contributed by atoms with Crippen molar-refractivity contribution in [2.45, 2.75) is 6.10 Å². The highest BCUT2D eigenvalue weighted by molar-refractivity contribution is 6.32. The number of halogens is 1. The summed E-state index contributed by atoms with van der Waals surface area (Å²) in [6.07, 6.45) is -1.26. The van der Waals surface area contributed by atoms with Crippen LogP contribution in [0.3, 0.4) is 0 Å². The lowest BCUT2D eigenvalue weighted by atomic mass is 10.1. The Morgan fingerprint density at radius 1 is 0.909 bits per heavy atom. The number of anilines is 1. The van der Waals surface area contributed by atoms with Crippen LogP contribution in [0.25, 0.3) is 10.8 Å². The van der Waals surface area contributed by atoms with Crippen molar-refractivity contribution in [3.63, 3.8) is 0 Å². The number of carbonyl (C=O) groups excluding carboxylic acids is 2. The number of benzene rings is 4. The second kappa shape index (κ2) is 9.63. The number of methoxy groups -OCH3 is 1. The molecule has 0 radical (unpaired) electrons. The number of nitrogens with one attached hydrogen (secondary N) is 1. The van der Waals surface area contributed by atoms with Gasteiger partial charge in [-0.05, 0) is 41.1 Å². The molecule has 0 aliphatic rings. The third-order valence-corrected chi connectivity index (χ3v) is 5.36. The van der Waals surface area contributed by atoms with Gasteiger partial charge in [0.1, 0.15) is 17.1 Å². The van der Waals surface area contributed by atoms with Crippen molar-refractivity contribution in [2.75, 3.05) is 12.4 Å². The van der Waals surface area contributed by atoms with Crippen LogP contribution in [0.4, 0.5) is 5.69 Å². The second-order valence-electron chi connectivity index (χ2n) is 7.25. The molecule has 7 heteroatoms. The standard InChI is InChI=1S/C26H20ClNO5/c1-32-23-12-11-19(15-21(23)27)28-25(30)24(16-7-3-2-4-8-16)33-26(31)20-13-17-9-5-6-10-18(17)14-22(20)29/h2-15,24,29H,1H3,(H,28,30)/t24-/m0/s1. The van der Waals surface area contributed by atoms with E-state index < -0.39 is 18.0 Å². The molecule has 0 aromatic heterocycles. The SMILES string of the molecule is COc1ccc(NC(=O)[C@@H](OC(=O)c2cc3ccccc3cc2O)c2ccccc2)cc1Cl. The molecule has 2 N–H and O–H groups in total. The van der Waals surface area contributed by atoms with Gasteiger partial charge in [0.25, 0.3) is 5.91 Å². The van der Waals surface area contributed by atoms with E-state index >= 15 is 0 Å². The fourth-order valence-electron chi connectivity index (χ4n) is 3.42. The predicted molar refractivity (Wildman–Crippen MR) is 127 cm³/mol. The third kappa shape index (κ3) is 4.91. The molecule has 0 spiro atoms. The molecule has 4 aromatic rings. The zero-order chi connectivity index (χ0) is 23.4. The first-order chi connectivity index (χ1) is 16.0. The second-order valence-corrected chi connectivity index (χ2v) is 7.66. The summed E-state index contributed by atoms with van der Waals surface area (Å²) < 4.78 is 10.7. The van der Waals surface area contributed by atoms with Gasteiger partial charge in [0.15, 0.2) is 0 Å². The van der Waals surface area contributed by atoms with Crippen molar-refractivity contribution in [3.8, 4) is 11.5 Å². The fourth-order valence-corrected chi connectivity index (χ4v) is 3.67. The largest absolute Gasteiger partial charge is 0.507 e. The maximum absolute atomic E-state index is 13.1. The Balaban J connectivity index is 1.62. The zero-order valence-electron chi connectivity index (χ0n) is 17.6. The minimum atomic E-state index is -1.26. The maximum Gasteiger partial charge on any atom is 0.343 e. The summed E-state index contributed by atoms with van der Waals surface area (Å²) in [5.41, 5.74) is 0.856. The van der Waals surface area contributed by atoms with Crippen molar-refractivity contribution in [1.29, 1.82) is 0 Å². The van der Waals surface area contributed by atoms with E-state index in [-0.39, 0.29) is 11.3 Å². The van der Waals surface area contributed by atoms with Crippen LogP contribution in [0.2, 0.25) is 5.02 Å². The number of hydrogen-bond acceptors (Lipinski definition) is 5. The van der Waals surface area contributed by atoms with Gasteiger partial charge in [-0.1, -0.05) is 66.2 Å². The first-order valence-electron chi connectivity index (χ1n) is 10.1. The Hall–Kier alpha value is -4.03. The average Bonchev–Trinajstić information content (AvgIpc) is 2.82. The Labute approximate surface area is 195 Å². The summed E-state index contributed by atoms with van der Waals surface area (Å²) in [7, 11) is 1.49. The number of carbonyl (C=O) groups is 2. The van der Waals surface area contributed by atoms with Crippen LogP contribution in [0.15, 0.2) is 84.9 Å². The van der Waals surface area contributed by atoms with Gasteiger partial charge in [0.05, 0.1) is 12.1 Å². The average molecular weight is 462 g/mol. The van der Waals surface area contributed by atoms with Crippen molar-refractivity contribution in [1.82, 2.24) is 0 Å². The Morgan fingerprint density at radius 3 is 2.24 bits per heavy atom. The molecular formula is C26H20ClNO5. The van der Waals surface area contributed by atoms with Crippen LogP contribution in [0.5, 0.6) is 11.5 Å². The van der Waals surface area contributed by atoms with Gasteiger partial charge in [-0.25, -0.2) is 4.79 Å². The monoisotopic (exact) mass is 461 g/mol. The number of aromatic hydroxyl groups is 1. The molecule has 1 atom stereocenters. The molecule has 0 saturated carbocycles. The molecule has 4 rings (SSSR count). The van der Waals surface area contributed by atoms with Crippen LogP contribution in [0.1, 0.15) is 22.0 Å². The molecule has 6 nitrogen and oxygen atoms in total. The summed E-state index contributed by atoms with van der Waals surface area (Å²) >= 11 is 6.15. The summed E-state index contributed by atoms with van der Waals surface area (Å²) in [6, 6.07) is 23.7. The molecule has 0 bridgehead atoms. The number of phenols is 1. The van der Waals surface area contributed by atoms with Crippen molar-refractivity contribution in [2.24, 2.45) is 0 Å². The summed E-state index contributed by atoms with van der Waals surface area (Å²) in [5, 5.41) is 15.0. The van der Waals surface area contributed by atoms with Gasteiger partial charge in [-0.2, -0.15) is 0 Å². The first-order valence-corrected chi connectivity index (χ1v) is 10.5. The normalized spacial score (nSPS) is 11.6. The fraction of sp³-hybridized carbons (Fsp3) is 0.0769. The lowest BCUT2D eigenvalue weighted by Crippen LogP contribution is -2.26. The van der Waals surface area contributed by atoms with Crippen LogP contribution in [-0.2, 0) is 9.53 Å². The van der Waals surface area contributed by atoms with Gasteiger partial charge >= 0.3 is 5.97 Å². The molecule has 0 unspecified atom stereocenters. The molecule has 0 aliphatic heterocycles. The Kier molecular flexibility index (Phi) is 6.47. The molecule has 4 aromatic carbocycles. The molecule has 1 amide bonds. The van der Waals surface area contributed by atoms with E-state index in [2.05, 4.69) is 5.32 Å². The number of fused-ring (bicyclic) bond motifs is 1. The maximum atomic E-state index is 13.1. The zero-order valence-corrected chi connectivity index (χ0v) is 18.4.